The standard InChI is InChI=1S/C20H21N3O2.C2HF3O2/c1-15-5-7-16(8-6-15)23-14-20(12-18(23)24)9-11-22(13-20)19(25)17-4-2-3-10-21-17;3-2(4,5)1(6)7/h2-8,10H,9,11-14H2,1H3;(H,6,7). The number of nitrogens with zero attached hydrogens (tertiary/aromatic N) is 3. The Morgan fingerprint density at radius 3 is 2.31 bits per heavy atom. The van der Waals surface area contributed by atoms with Gasteiger partial charge in [-0.3, -0.25) is 14.6 Å². The lowest BCUT2D eigenvalue weighted by molar-refractivity contribution is -0.192. The van der Waals surface area contributed by atoms with E-state index in [4.69, 9.17) is 9.90 Å². The van der Waals surface area contributed by atoms with E-state index in [1.165, 1.54) is 5.56 Å². The number of halogens is 3. The molecule has 0 aliphatic carbocycles. The third-order valence-corrected chi connectivity index (χ3v) is 5.52. The van der Waals surface area contributed by atoms with Crippen molar-refractivity contribution in [1.82, 2.24) is 9.88 Å². The van der Waals surface area contributed by atoms with Crippen LogP contribution in [0.25, 0.3) is 0 Å². The second-order valence-electron chi connectivity index (χ2n) is 7.99. The first-order valence-electron chi connectivity index (χ1n) is 9.88. The molecule has 10 heteroatoms. The highest BCUT2D eigenvalue weighted by Crippen LogP contribution is 2.42. The summed E-state index contributed by atoms with van der Waals surface area (Å²) in [5.41, 5.74) is 2.46. The number of amides is 2. The summed E-state index contributed by atoms with van der Waals surface area (Å²) in [5, 5.41) is 7.12. The molecule has 3 heterocycles. The summed E-state index contributed by atoms with van der Waals surface area (Å²) in [6.07, 6.45) is -2.08. The first-order valence-corrected chi connectivity index (χ1v) is 9.88. The molecule has 0 bridgehead atoms. The van der Waals surface area contributed by atoms with Gasteiger partial charge < -0.3 is 14.9 Å². The lowest BCUT2D eigenvalue weighted by Crippen LogP contribution is -2.34. The molecular weight excluding hydrogens is 427 g/mol. The van der Waals surface area contributed by atoms with Gasteiger partial charge in [0.2, 0.25) is 5.91 Å². The summed E-state index contributed by atoms with van der Waals surface area (Å²) in [5.74, 6) is -2.65. The number of hydrogen-bond acceptors (Lipinski definition) is 4. The Kier molecular flexibility index (Phi) is 6.52. The molecule has 1 spiro atoms. The highest BCUT2D eigenvalue weighted by molar-refractivity contribution is 5.97. The number of anilines is 1. The van der Waals surface area contributed by atoms with Crippen LogP contribution in [0.4, 0.5) is 18.9 Å². The summed E-state index contributed by atoms with van der Waals surface area (Å²) >= 11 is 0. The number of rotatable bonds is 2. The number of likely N-dealkylation sites (tertiary alicyclic amines) is 1. The number of aliphatic carboxylic acids is 1. The fourth-order valence-electron chi connectivity index (χ4n) is 3.89. The van der Waals surface area contributed by atoms with E-state index in [0.29, 0.717) is 31.7 Å². The molecule has 1 aromatic heterocycles. The Bertz CT molecular complexity index is 996. The van der Waals surface area contributed by atoms with Gasteiger partial charge in [0.15, 0.2) is 0 Å². The van der Waals surface area contributed by atoms with Crippen molar-refractivity contribution < 1.29 is 32.7 Å². The third kappa shape index (κ3) is 5.24. The summed E-state index contributed by atoms with van der Waals surface area (Å²) < 4.78 is 31.7. The molecule has 1 atom stereocenters. The van der Waals surface area contributed by atoms with E-state index in [-0.39, 0.29) is 17.2 Å². The molecule has 170 valence electrons. The molecule has 2 aliphatic heterocycles. The van der Waals surface area contributed by atoms with Crippen molar-refractivity contribution in [2.45, 2.75) is 25.9 Å². The second kappa shape index (κ2) is 8.97. The minimum atomic E-state index is -5.08. The van der Waals surface area contributed by atoms with Gasteiger partial charge in [-0.1, -0.05) is 23.8 Å². The van der Waals surface area contributed by atoms with Crippen LogP contribution in [0, 0.1) is 12.3 Å². The molecule has 2 aliphatic rings. The van der Waals surface area contributed by atoms with E-state index in [2.05, 4.69) is 4.98 Å². The molecule has 2 aromatic rings. The zero-order chi connectivity index (χ0) is 23.5. The Balaban J connectivity index is 0.000000360. The van der Waals surface area contributed by atoms with Crippen molar-refractivity contribution >= 4 is 23.5 Å². The molecule has 2 fully saturated rings. The smallest absolute Gasteiger partial charge is 0.475 e. The Morgan fingerprint density at radius 2 is 1.75 bits per heavy atom. The van der Waals surface area contributed by atoms with Gasteiger partial charge in [0.1, 0.15) is 5.69 Å². The van der Waals surface area contributed by atoms with Crippen molar-refractivity contribution in [2.75, 3.05) is 24.5 Å². The van der Waals surface area contributed by atoms with E-state index in [9.17, 15) is 22.8 Å². The number of aromatic nitrogens is 1. The normalized spacial score (nSPS) is 20.3. The molecular formula is C22H22F3N3O4. The fourth-order valence-corrected chi connectivity index (χ4v) is 3.89. The molecule has 1 N–H and O–H groups in total. The molecule has 2 amide bonds. The SMILES string of the molecule is Cc1ccc(N2CC3(CCN(C(=O)c4ccccn4)C3)CC2=O)cc1.O=C(O)C(F)(F)F. The Hall–Kier alpha value is -3.43. The summed E-state index contributed by atoms with van der Waals surface area (Å²) in [6, 6.07) is 13.4. The van der Waals surface area contributed by atoms with Crippen LogP contribution in [-0.4, -0.2) is 58.6 Å². The first-order chi connectivity index (χ1) is 15.0. The van der Waals surface area contributed by atoms with Crippen molar-refractivity contribution in [3.05, 3.63) is 59.9 Å². The zero-order valence-corrected chi connectivity index (χ0v) is 17.3. The zero-order valence-electron chi connectivity index (χ0n) is 17.3. The van der Waals surface area contributed by atoms with Crippen LogP contribution >= 0.6 is 0 Å². The fraction of sp³-hybridized carbons (Fsp3) is 0.364. The number of aryl methyl sites for hydroxylation is 1. The Labute approximate surface area is 182 Å². The number of carbonyl (C=O) groups excluding carboxylic acids is 2. The van der Waals surface area contributed by atoms with Crippen LogP contribution in [0.3, 0.4) is 0 Å². The maximum Gasteiger partial charge on any atom is 0.490 e. The number of carboxylic acid groups (broad SMARTS) is 1. The van der Waals surface area contributed by atoms with E-state index in [0.717, 1.165) is 12.1 Å². The van der Waals surface area contributed by atoms with Crippen molar-refractivity contribution in [1.29, 1.82) is 0 Å². The van der Waals surface area contributed by atoms with Gasteiger partial charge in [0, 0.05) is 43.4 Å². The van der Waals surface area contributed by atoms with Crippen molar-refractivity contribution in [3.63, 3.8) is 0 Å². The topological polar surface area (TPSA) is 90.8 Å². The van der Waals surface area contributed by atoms with Crippen LogP contribution in [0.2, 0.25) is 0 Å². The predicted octanol–water partition coefficient (Wildman–Crippen LogP) is 3.29. The van der Waals surface area contributed by atoms with Crippen LogP contribution < -0.4 is 4.90 Å². The quantitative estimate of drug-likeness (QED) is 0.760. The number of benzene rings is 1. The summed E-state index contributed by atoms with van der Waals surface area (Å²) in [7, 11) is 0. The Morgan fingerprint density at radius 1 is 1.09 bits per heavy atom. The van der Waals surface area contributed by atoms with Crippen LogP contribution in [0.1, 0.15) is 28.9 Å². The van der Waals surface area contributed by atoms with Gasteiger partial charge >= 0.3 is 12.1 Å². The summed E-state index contributed by atoms with van der Waals surface area (Å²) in [4.78, 5) is 42.0. The predicted molar refractivity (Wildman–Crippen MR) is 109 cm³/mol. The largest absolute Gasteiger partial charge is 0.490 e. The molecule has 0 saturated carbocycles. The van der Waals surface area contributed by atoms with Gasteiger partial charge in [-0.25, -0.2) is 4.79 Å². The van der Waals surface area contributed by atoms with Crippen LogP contribution in [0.15, 0.2) is 48.7 Å². The summed E-state index contributed by atoms with van der Waals surface area (Å²) in [6.45, 7) is 4.02. The molecule has 7 nitrogen and oxygen atoms in total. The maximum absolute atomic E-state index is 12.6. The minimum Gasteiger partial charge on any atom is -0.475 e. The molecule has 1 unspecified atom stereocenters. The van der Waals surface area contributed by atoms with Crippen molar-refractivity contribution in [2.24, 2.45) is 5.41 Å². The number of carbonyl (C=O) groups is 3. The first kappa shape index (κ1) is 23.2. The van der Waals surface area contributed by atoms with Gasteiger partial charge in [0.25, 0.3) is 5.91 Å². The average molecular weight is 449 g/mol. The molecule has 1 aromatic carbocycles. The molecule has 4 rings (SSSR count). The maximum atomic E-state index is 12.6. The highest BCUT2D eigenvalue weighted by atomic mass is 19.4. The molecule has 2 saturated heterocycles. The van der Waals surface area contributed by atoms with E-state index in [1.54, 1.807) is 18.3 Å². The van der Waals surface area contributed by atoms with E-state index in [1.807, 2.05) is 47.1 Å². The number of pyridine rings is 1. The lowest BCUT2D eigenvalue weighted by atomic mass is 9.86. The monoisotopic (exact) mass is 449 g/mol. The van der Waals surface area contributed by atoms with Gasteiger partial charge in [-0.05, 0) is 37.6 Å². The average Bonchev–Trinajstić information content (AvgIpc) is 3.31. The van der Waals surface area contributed by atoms with Crippen molar-refractivity contribution in [3.8, 4) is 0 Å². The van der Waals surface area contributed by atoms with E-state index < -0.39 is 12.1 Å². The molecule has 0 radical (unpaired) electrons. The lowest BCUT2D eigenvalue weighted by Gasteiger charge is -2.24. The van der Waals surface area contributed by atoms with Gasteiger partial charge in [-0.2, -0.15) is 13.2 Å². The second-order valence-corrected chi connectivity index (χ2v) is 7.99. The number of alkyl halides is 3. The highest BCUT2D eigenvalue weighted by Gasteiger charge is 2.49. The third-order valence-electron chi connectivity index (χ3n) is 5.52. The minimum absolute atomic E-state index is 0.0429. The number of hydrogen-bond donors (Lipinski definition) is 1. The van der Waals surface area contributed by atoms with Crippen LogP contribution in [0.5, 0.6) is 0 Å². The number of carboxylic acids is 1. The van der Waals surface area contributed by atoms with Crippen LogP contribution in [-0.2, 0) is 9.59 Å². The molecule has 32 heavy (non-hydrogen) atoms. The van der Waals surface area contributed by atoms with E-state index >= 15 is 0 Å². The van der Waals surface area contributed by atoms with Gasteiger partial charge in [0.05, 0.1) is 0 Å². The van der Waals surface area contributed by atoms with Gasteiger partial charge in [-0.15, -0.1) is 0 Å².